The molecule has 1 atom stereocenters. The Morgan fingerprint density at radius 3 is 2.67 bits per heavy atom. The van der Waals surface area contributed by atoms with Crippen molar-refractivity contribution < 1.29 is 9.53 Å². The van der Waals surface area contributed by atoms with Crippen molar-refractivity contribution in [1.82, 2.24) is 0 Å². The number of hydrogen-bond donors (Lipinski definition) is 0. The summed E-state index contributed by atoms with van der Waals surface area (Å²) in [5.74, 6) is -0.331. The summed E-state index contributed by atoms with van der Waals surface area (Å²) in [4.78, 5) is 12.5. The van der Waals surface area contributed by atoms with Gasteiger partial charge < -0.3 is 4.74 Å². The summed E-state index contributed by atoms with van der Waals surface area (Å²) in [6, 6.07) is 14.8. The molecule has 0 aliphatic carbocycles. The Hall–Kier alpha value is -1.87. The zero-order valence-electron chi connectivity index (χ0n) is 11.8. The number of nitriles is 1. The molecule has 106 valence electrons. The summed E-state index contributed by atoms with van der Waals surface area (Å²) in [5, 5.41) is 9.40. The Labute approximate surface area is 137 Å². The molecular formula is C17H14INO2. The molecule has 4 heteroatoms. The SMILES string of the molecule is COc1cc(C(C#N)C(=O)c2cccc(I)c2)ccc1C. The average Bonchev–Trinajstić information content (AvgIpc) is 2.49. The van der Waals surface area contributed by atoms with Gasteiger partial charge in [0, 0.05) is 9.13 Å². The smallest absolute Gasteiger partial charge is 0.184 e. The molecule has 0 spiro atoms. The molecular weight excluding hydrogens is 377 g/mol. The first-order valence-electron chi connectivity index (χ1n) is 6.40. The molecule has 0 bridgehead atoms. The van der Waals surface area contributed by atoms with Gasteiger partial charge in [0.05, 0.1) is 13.2 Å². The van der Waals surface area contributed by atoms with E-state index in [0.29, 0.717) is 16.9 Å². The molecule has 0 saturated heterocycles. The van der Waals surface area contributed by atoms with Gasteiger partial charge in [-0.15, -0.1) is 0 Å². The van der Waals surface area contributed by atoms with E-state index in [2.05, 4.69) is 28.7 Å². The number of Topliss-reactive ketones (excluding diaryl/α,β-unsaturated/α-hetero) is 1. The third kappa shape index (κ3) is 3.42. The number of halogens is 1. The molecule has 2 aromatic carbocycles. The number of benzene rings is 2. The van der Waals surface area contributed by atoms with E-state index >= 15 is 0 Å². The molecule has 0 aliphatic rings. The van der Waals surface area contributed by atoms with Crippen LogP contribution in [0, 0.1) is 21.8 Å². The molecule has 0 heterocycles. The van der Waals surface area contributed by atoms with Crippen LogP contribution in [0.15, 0.2) is 42.5 Å². The molecule has 1 unspecified atom stereocenters. The number of ether oxygens (including phenoxy) is 1. The Bertz CT molecular complexity index is 719. The fourth-order valence-electron chi connectivity index (χ4n) is 2.11. The summed E-state index contributed by atoms with van der Waals surface area (Å²) in [6.45, 7) is 1.92. The Kier molecular flexibility index (Phi) is 4.97. The van der Waals surface area contributed by atoms with Crippen LogP contribution in [0.4, 0.5) is 0 Å². The van der Waals surface area contributed by atoms with Gasteiger partial charge in [-0.3, -0.25) is 4.79 Å². The topological polar surface area (TPSA) is 50.1 Å². The third-order valence-electron chi connectivity index (χ3n) is 3.27. The number of nitrogens with zero attached hydrogens (tertiary/aromatic N) is 1. The summed E-state index contributed by atoms with van der Waals surface area (Å²) in [6.07, 6.45) is 0. The zero-order chi connectivity index (χ0) is 15.4. The highest BCUT2D eigenvalue weighted by atomic mass is 127. The van der Waals surface area contributed by atoms with Gasteiger partial charge in [-0.2, -0.15) is 5.26 Å². The van der Waals surface area contributed by atoms with Gasteiger partial charge in [0.2, 0.25) is 0 Å². The van der Waals surface area contributed by atoms with E-state index in [1.54, 1.807) is 31.4 Å². The van der Waals surface area contributed by atoms with Crippen molar-refractivity contribution in [2.24, 2.45) is 0 Å². The maximum Gasteiger partial charge on any atom is 0.184 e. The minimum Gasteiger partial charge on any atom is -0.496 e. The first kappa shape index (κ1) is 15.5. The predicted octanol–water partition coefficient (Wildman–Crippen LogP) is 4.10. The Balaban J connectivity index is 2.40. The molecule has 21 heavy (non-hydrogen) atoms. The zero-order valence-corrected chi connectivity index (χ0v) is 13.9. The van der Waals surface area contributed by atoms with Gasteiger partial charge >= 0.3 is 0 Å². The lowest BCUT2D eigenvalue weighted by atomic mass is 9.91. The summed E-state index contributed by atoms with van der Waals surface area (Å²) < 4.78 is 6.23. The standard InChI is InChI=1S/C17H14INO2/c1-11-6-7-12(9-16(11)21-2)15(10-19)17(20)13-4-3-5-14(18)8-13/h3-9,15H,1-2H3. The maximum absolute atomic E-state index is 12.5. The lowest BCUT2D eigenvalue weighted by Gasteiger charge is -2.12. The van der Waals surface area contributed by atoms with Crippen LogP contribution in [0.3, 0.4) is 0 Å². The van der Waals surface area contributed by atoms with Crippen LogP contribution in [0.5, 0.6) is 5.75 Å². The fourth-order valence-corrected chi connectivity index (χ4v) is 2.65. The highest BCUT2D eigenvalue weighted by Gasteiger charge is 2.22. The second-order valence-corrected chi connectivity index (χ2v) is 5.91. The van der Waals surface area contributed by atoms with Crippen molar-refractivity contribution in [2.45, 2.75) is 12.8 Å². The van der Waals surface area contributed by atoms with Crippen LogP contribution in [0.2, 0.25) is 0 Å². The maximum atomic E-state index is 12.5. The lowest BCUT2D eigenvalue weighted by Crippen LogP contribution is -2.11. The minimum absolute atomic E-state index is 0.193. The molecule has 0 fully saturated rings. The Morgan fingerprint density at radius 2 is 2.05 bits per heavy atom. The second-order valence-electron chi connectivity index (χ2n) is 4.67. The monoisotopic (exact) mass is 391 g/mol. The number of carbonyl (C=O) groups excluding carboxylic acids is 1. The molecule has 3 nitrogen and oxygen atoms in total. The van der Waals surface area contributed by atoms with Gasteiger partial charge in [0.15, 0.2) is 5.78 Å². The summed E-state index contributed by atoms with van der Waals surface area (Å²) >= 11 is 2.15. The average molecular weight is 391 g/mol. The first-order chi connectivity index (χ1) is 10.1. The van der Waals surface area contributed by atoms with Crippen LogP contribution in [-0.4, -0.2) is 12.9 Å². The number of hydrogen-bond acceptors (Lipinski definition) is 3. The second kappa shape index (κ2) is 6.72. The van der Waals surface area contributed by atoms with Crippen molar-refractivity contribution in [3.05, 3.63) is 62.7 Å². The molecule has 0 amide bonds. The number of rotatable bonds is 4. The van der Waals surface area contributed by atoms with E-state index in [9.17, 15) is 10.1 Å². The van der Waals surface area contributed by atoms with Crippen molar-refractivity contribution >= 4 is 28.4 Å². The molecule has 0 radical (unpaired) electrons. The molecule has 0 aliphatic heterocycles. The van der Waals surface area contributed by atoms with Gasteiger partial charge in [0.1, 0.15) is 11.7 Å². The van der Waals surface area contributed by atoms with Crippen LogP contribution >= 0.6 is 22.6 Å². The largest absolute Gasteiger partial charge is 0.496 e. The lowest BCUT2D eigenvalue weighted by molar-refractivity contribution is 0.0979. The van der Waals surface area contributed by atoms with Gasteiger partial charge in [-0.1, -0.05) is 24.3 Å². The molecule has 2 rings (SSSR count). The van der Waals surface area contributed by atoms with E-state index in [1.807, 2.05) is 25.1 Å². The van der Waals surface area contributed by atoms with Crippen molar-refractivity contribution in [1.29, 1.82) is 5.26 Å². The molecule has 0 aromatic heterocycles. The quantitative estimate of drug-likeness (QED) is 0.583. The van der Waals surface area contributed by atoms with E-state index in [1.165, 1.54) is 0 Å². The van der Waals surface area contributed by atoms with Crippen molar-refractivity contribution in [3.63, 3.8) is 0 Å². The minimum atomic E-state index is -0.822. The number of methoxy groups -OCH3 is 1. The Morgan fingerprint density at radius 1 is 1.29 bits per heavy atom. The summed E-state index contributed by atoms with van der Waals surface area (Å²) in [7, 11) is 1.58. The van der Waals surface area contributed by atoms with Crippen LogP contribution in [0.25, 0.3) is 0 Å². The summed E-state index contributed by atoms with van der Waals surface area (Å²) in [5.41, 5.74) is 2.18. The van der Waals surface area contributed by atoms with Crippen LogP contribution in [0.1, 0.15) is 27.4 Å². The fraction of sp³-hybridized carbons (Fsp3) is 0.176. The van der Waals surface area contributed by atoms with E-state index in [-0.39, 0.29) is 5.78 Å². The molecule has 0 N–H and O–H groups in total. The predicted molar refractivity (Wildman–Crippen MR) is 89.6 cm³/mol. The van der Waals surface area contributed by atoms with Crippen molar-refractivity contribution in [3.8, 4) is 11.8 Å². The molecule has 0 saturated carbocycles. The number of ketones is 1. The number of aryl methyl sites for hydroxylation is 1. The van der Waals surface area contributed by atoms with Crippen LogP contribution < -0.4 is 4.74 Å². The third-order valence-corrected chi connectivity index (χ3v) is 3.94. The van der Waals surface area contributed by atoms with Gasteiger partial charge in [0.25, 0.3) is 0 Å². The highest BCUT2D eigenvalue weighted by molar-refractivity contribution is 14.1. The van der Waals surface area contributed by atoms with Gasteiger partial charge in [-0.25, -0.2) is 0 Å². The first-order valence-corrected chi connectivity index (χ1v) is 7.48. The number of carbonyl (C=O) groups is 1. The van der Waals surface area contributed by atoms with Crippen molar-refractivity contribution in [2.75, 3.05) is 7.11 Å². The molecule has 2 aromatic rings. The highest BCUT2D eigenvalue weighted by Crippen LogP contribution is 2.27. The van der Waals surface area contributed by atoms with Crippen LogP contribution in [-0.2, 0) is 0 Å². The van der Waals surface area contributed by atoms with E-state index in [4.69, 9.17) is 4.74 Å². The van der Waals surface area contributed by atoms with E-state index < -0.39 is 5.92 Å². The van der Waals surface area contributed by atoms with Gasteiger partial charge in [-0.05, 0) is 58.8 Å². The van der Waals surface area contributed by atoms with E-state index in [0.717, 1.165) is 9.13 Å². The normalized spacial score (nSPS) is 11.5.